The molecule has 0 radical (unpaired) electrons. The molecule has 0 saturated carbocycles. The molecular weight excluding hydrogens is 324 g/mol. The highest BCUT2D eigenvalue weighted by atomic mass is 15.2. The van der Waals surface area contributed by atoms with Gasteiger partial charge in [-0.15, -0.1) is 0 Å². The van der Waals surface area contributed by atoms with Gasteiger partial charge in [-0.1, -0.05) is 42.5 Å². The Hall–Kier alpha value is -3.67. The van der Waals surface area contributed by atoms with Crippen molar-refractivity contribution in [2.24, 2.45) is 21.5 Å². The summed E-state index contributed by atoms with van der Waals surface area (Å²) in [6.45, 7) is 2.01. The minimum atomic E-state index is 0.0345. The van der Waals surface area contributed by atoms with E-state index in [-0.39, 0.29) is 11.9 Å². The first kappa shape index (κ1) is 17.2. The Labute approximate surface area is 152 Å². The molecule has 6 nitrogen and oxygen atoms in total. The van der Waals surface area contributed by atoms with Crippen molar-refractivity contribution >= 4 is 23.4 Å². The third-order valence-corrected chi connectivity index (χ3v) is 3.71. The molecule has 0 saturated heterocycles. The number of rotatable bonds is 3. The summed E-state index contributed by atoms with van der Waals surface area (Å²) in [5.41, 5.74) is 15.9. The molecule has 26 heavy (non-hydrogen) atoms. The third-order valence-electron chi connectivity index (χ3n) is 3.71. The summed E-state index contributed by atoms with van der Waals surface area (Å²) in [6.07, 6.45) is 1.63. The van der Waals surface area contributed by atoms with Gasteiger partial charge in [-0.2, -0.15) is 9.98 Å². The van der Waals surface area contributed by atoms with E-state index in [4.69, 9.17) is 11.5 Å². The van der Waals surface area contributed by atoms with Gasteiger partial charge < -0.3 is 16.8 Å². The molecule has 3 aromatic rings. The number of nitrogens with one attached hydrogen (secondary N) is 1. The second-order valence-electron chi connectivity index (χ2n) is 5.68. The van der Waals surface area contributed by atoms with E-state index in [0.717, 1.165) is 22.4 Å². The van der Waals surface area contributed by atoms with Crippen molar-refractivity contribution in [3.63, 3.8) is 0 Å². The monoisotopic (exact) mass is 344 g/mol. The van der Waals surface area contributed by atoms with E-state index in [1.807, 2.05) is 43.3 Å². The lowest BCUT2D eigenvalue weighted by Crippen LogP contribution is -2.26. The van der Waals surface area contributed by atoms with Crippen LogP contribution in [-0.2, 0) is 0 Å². The van der Waals surface area contributed by atoms with Crippen molar-refractivity contribution in [3.8, 4) is 11.1 Å². The number of hydrogen-bond donors (Lipinski definition) is 3. The summed E-state index contributed by atoms with van der Waals surface area (Å²) < 4.78 is 0. The highest BCUT2D eigenvalue weighted by Crippen LogP contribution is 2.24. The van der Waals surface area contributed by atoms with Crippen LogP contribution >= 0.6 is 0 Å². The zero-order chi connectivity index (χ0) is 18.4. The molecule has 0 atom stereocenters. The van der Waals surface area contributed by atoms with Crippen molar-refractivity contribution in [1.82, 2.24) is 4.98 Å². The largest absolute Gasteiger partial charge is 0.369 e. The smallest absolute Gasteiger partial charge is 0.225 e. The van der Waals surface area contributed by atoms with Crippen LogP contribution in [0.4, 0.5) is 11.5 Å². The summed E-state index contributed by atoms with van der Waals surface area (Å²) in [5, 5.41) is 3.05. The predicted octanol–water partition coefficient (Wildman–Crippen LogP) is 3.43. The van der Waals surface area contributed by atoms with Gasteiger partial charge in [0.25, 0.3) is 0 Å². The summed E-state index contributed by atoms with van der Waals surface area (Å²) in [7, 11) is 0. The molecule has 2 aromatic carbocycles. The molecule has 0 aliphatic carbocycles. The Morgan fingerprint density at radius 3 is 2.38 bits per heavy atom. The lowest BCUT2D eigenvalue weighted by atomic mass is 10.0. The van der Waals surface area contributed by atoms with Gasteiger partial charge in [-0.3, -0.25) is 0 Å². The van der Waals surface area contributed by atoms with Crippen LogP contribution in [-0.4, -0.2) is 16.9 Å². The molecule has 1 aromatic heterocycles. The SMILES string of the molecule is Cc1cc(-c2ccccc2)ccc1NC(N)=NC(N)=Nc1ccccn1. The minimum Gasteiger partial charge on any atom is -0.369 e. The van der Waals surface area contributed by atoms with E-state index in [2.05, 4.69) is 38.5 Å². The van der Waals surface area contributed by atoms with Gasteiger partial charge in [0, 0.05) is 11.9 Å². The molecule has 0 spiro atoms. The molecule has 5 N–H and O–H groups in total. The number of pyridine rings is 1. The molecular formula is C20H20N6. The normalized spacial score (nSPS) is 12.0. The first-order valence-corrected chi connectivity index (χ1v) is 8.14. The number of nitrogens with two attached hydrogens (primary N) is 2. The van der Waals surface area contributed by atoms with E-state index in [1.54, 1.807) is 18.3 Å². The molecule has 3 rings (SSSR count). The summed E-state index contributed by atoms with van der Waals surface area (Å²) in [5.74, 6) is 0.676. The van der Waals surface area contributed by atoms with Crippen molar-refractivity contribution < 1.29 is 0 Å². The Morgan fingerprint density at radius 2 is 1.69 bits per heavy atom. The maximum absolute atomic E-state index is 5.94. The number of guanidine groups is 2. The molecule has 6 heteroatoms. The average Bonchev–Trinajstić information content (AvgIpc) is 2.65. The lowest BCUT2D eigenvalue weighted by molar-refractivity contribution is 1.25. The maximum atomic E-state index is 5.94. The van der Waals surface area contributed by atoms with Crippen molar-refractivity contribution in [2.45, 2.75) is 6.92 Å². The molecule has 130 valence electrons. The van der Waals surface area contributed by atoms with E-state index in [1.165, 1.54) is 0 Å². The molecule has 0 amide bonds. The van der Waals surface area contributed by atoms with Crippen LogP contribution in [0.1, 0.15) is 5.56 Å². The summed E-state index contributed by atoms with van der Waals surface area (Å²) >= 11 is 0. The Morgan fingerprint density at radius 1 is 0.923 bits per heavy atom. The Kier molecular flexibility index (Phi) is 5.24. The fraction of sp³-hybridized carbons (Fsp3) is 0.0500. The zero-order valence-corrected chi connectivity index (χ0v) is 14.4. The standard InChI is InChI=1S/C20H20N6/c1-14-13-16(15-7-3-2-4-8-15)10-11-17(14)24-19(21)26-20(22)25-18-9-5-6-12-23-18/h2-13H,1H3,(H5,21,22,23,24,25,26). The Balaban J connectivity index is 1.75. The van der Waals surface area contributed by atoms with Crippen LogP contribution in [0.5, 0.6) is 0 Å². The minimum absolute atomic E-state index is 0.0345. The van der Waals surface area contributed by atoms with Gasteiger partial charge in [0.05, 0.1) is 0 Å². The van der Waals surface area contributed by atoms with Gasteiger partial charge in [0.15, 0.2) is 5.82 Å². The van der Waals surface area contributed by atoms with Crippen LogP contribution in [0.25, 0.3) is 11.1 Å². The van der Waals surface area contributed by atoms with E-state index < -0.39 is 0 Å². The number of aliphatic imine (C=N–C) groups is 2. The zero-order valence-electron chi connectivity index (χ0n) is 14.4. The van der Waals surface area contributed by atoms with Crippen LogP contribution in [0, 0.1) is 6.92 Å². The number of aromatic nitrogens is 1. The number of nitrogens with zero attached hydrogens (tertiary/aromatic N) is 3. The van der Waals surface area contributed by atoms with Gasteiger partial charge >= 0.3 is 0 Å². The number of aryl methyl sites for hydroxylation is 1. The fourth-order valence-electron chi connectivity index (χ4n) is 2.47. The highest BCUT2D eigenvalue weighted by molar-refractivity contribution is 6.01. The quantitative estimate of drug-likeness (QED) is 0.500. The van der Waals surface area contributed by atoms with Gasteiger partial charge in [0.2, 0.25) is 11.9 Å². The second kappa shape index (κ2) is 7.94. The molecule has 0 unspecified atom stereocenters. The molecule has 0 aliphatic heterocycles. The van der Waals surface area contributed by atoms with E-state index >= 15 is 0 Å². The van der Waals surface area contributed by atoms with Crippen molar-refractivity contribution in [1.29, 1.82) is 0 Å². The van der Waals surface area contributed by atoms with Crippen molar-refractivity contribution in [2.75, 3.05) is 5.32 Å². The maximum Gasteiger partial charge on any atom is 0.225 e. The number of hydrogen-bond acceptors (Lipinski definition) is 2. The lowest BCUT2D eigenvalue weighted by Gasteiger charge is -2.11. The van der Waals surface area contributed by atoms with Gasteiger partial charge in [-0.05, 0) is 47.9 Å². The molecule has 0 fully saturated rings. The Bertz CT molecular complexity index is 933. The van der Waals surface area contributed by atoms with Crippen LogP contribution in [0.2, 0.25) is 0 Å². The van der Waals surface area contributed by atoms with Crippen LogP contribution in [0.15, 0.2) is 82.9 Å². The highest BCUT2D eigenvalue weighted by Gasteiger charge is 2.04. The fourth-order valence-corrected chi connectivity index (χ4v) is 2.47. The van der Waals surface area contributed by atoms with Crippen molar-refractivity contribution in [3.05, 3.63) is 78.5 Å². The van der Waals surface area contributed by atoms with Crippen LogP contribution < -0.4 is 16.8 Å². The van der Waals surface area contributed by atoms with E-state index in [9.17, 15) is 0 Å². The number of anilines is 1. The first-order valence-electron chi connectivity index (χ1n) is 8.14. The number of benzene rings is 2. The molecule has 0 aliphatic rings. The second-order valence-corrected chi connectivity index (χ2v) is 5.68. The molecule has 0 bridgehead atoms. The van der Waals surface area contributed by atoms with E-state index in [0.29, 0.717) is 5.82 Å². The van der Waals surface area contributed by atoms with Gasteiger partial charge in [0.1, 0.15) is 0 Å². The third kappa shape index (κ3) is 4.45. The van der Waals surface area contributed by atoms with Gasteiger partial charge in [-0.25, -0.2) is 4.98 Å². The predicted molar refractivity (Wildman–Crippen MR) is 107 cm³/mol. The topological polar surface area (TPSA) is 102 Å². The summed E-state index contributed by atoms with van der Waals surface area (Å²) in [6, 6.07) is 21.6. The molecule has 1 heterocycles. The summed E-state index contributed by atoms with van der Waals surface area (Å²) in [4.78, 5) is 12.2. The average molecular weight is 344 g/mol. The van der Waals surface area contributed by atoms with Crippen LogP contribution in [0.3, 0.4) is 0 Å². The first-order chi connectivity index (χ1) is 12.6.